The SMILES string of the molecule is COc1cc(N2CCC(N3CCN(C)CC3)CC2)ccc1Nc1ncnc(Nc2cccc(S(=O)(=O)C(C)C)c2)n1. The van der Waals surface area contributed by atoms with Gasteiger partial charge in [0, 0.05) is 62.8 Å². The zero-order valence-corrected chi connectivity index (χ0v) is 25.1. The fourth-order valence-corrected chi connectivity index (χ4v) is 6.45. The lowest BCUT2D eigenvalue weighted by molar-refractivity contribution is 0.0982. The number of hydrogen-bond acceptors (Lipinski definition) is 11. The van der Waals surface area contributed by atoms with Gasteiger partial charge in [0.25, 0.3) is 0 Å². The highest BCUT2D eigenvalue weighted by atomic mass is 32.2. The Labute approximate surface area is 242 Å². The molecule has 0 spiro atoms. The Hall–Kier alpha value is -3.48. The van der Waals surface area contributed by atoms with Crippen LogP contribution in [0.25, 0.3) is 0 Å². The highest BCUT2D eigenvalue weighted by Crippen LogP contribution is 2.33. The van der Waals surface area contributed by atoms with Gasteiger partial charge in [-0.2, -0.15) is 4.98 Å². The van der Waals surface area contributed by atoms with Crippen LogP contribution in [0.1, 0.15) is 26.7 Å². The largest absolute Gasteiger partial charge is 0.494 e. The number of rotatable bonds is 9. The molecular weight excluding hydrogens is 540 g/mol. The van der Waals surface area contributed by atoms with Gasteiger partial charge in [-0.1, -0.05) is 6.07 Å². The number of piperazine rings is 1. The van der Waals surface area contributed by atoms with Crippen molar-refractivity contribution in [2.45, 2.75) is 42.9 Å². The third kappa shape index (κ3) is 6.88. The Kier molecular flexibility index (Phi) is 8.91. The third-order valence-electron chi connectivity index (χ3n) is 7.93. The van der Waals surface area contributed by atoms with E-state index in [-0.39, 0.29) is 4.90 Å². The van der Waals surface area contributed by atoms with Crippen molar-refractivity contribution in [1.82, 2.24) is 24.8 Å². The molecule has 5 rings (SSSR count). The molecule has 0 radical (unpaired) electrons. The molecule has 2 saturated heterocycles. The van der Waals surface area contributed by atoms with Crippen LogP contribution >= 0.6 is 0 Å². The fourth-order valence-electron chi connectivity index (χ4n) is 5.35. The zero-order valence-electron chi connectivity index (χ0n) is 24.2. The van der Waals surface area contributed by atoms with Crippen molar-refractivity contribution in [2.75, 3.05) is 69.0 Å². The van der Waals surface area contributed by atoms with E-state index in [1.807, 2.05) is 6.07 Å². The van der Waals surface area contributed by atoms with Gasteiger partial charge in [-0.25, -0.2) is 18.4 Å². The van der Waals surface area contributed by atoms with E-state index in [4.69, 9.17) is 4.74 Å². The normalized spacial score (nSPS) is 17.5. The number of hydrogen-bond donors (Lipinski definition) is 2. The molecule has 0 atom stereocenters. The van der Waals surface area contributed by atoms with Crippen LogP contribution in [0, 0.1) is 0 Å². The summed E-state index contributed by atoms with van der Waals surface area (Å²) in [4.78, 5) is 20.7. The molecule has 3 aromatic rings. The van der Waals surface area contributed by atoms with Crippen molar-refractivity contribution in [3.63, 3.8) is 0 Å². The van der Waals surface area contributed by atoms with E-state index in [0.29, 0.717) is 29.4 Å². The molecular formula is C29H40N8O3S. The number of aromatic nitrogens is 3. The number of sulfone groups is 1. The predicted octanol–water partition coefficient (Wildman–Crippen LogP) is 3.77. The molecule has 2 N–H and O–H groups in total. The number of anilines is 5. The molecule has 0 amide bonds. The van der Waals surface area contributed by atoms with Gasteiger partial charge in [-0.05, 0) is 64.1 Å². The molecule has 12 heteroatoms. The topological polar surface area (TPSA) is 116 Å². The van der Waals surface area contributed by atoms with Crippen LogP contribution in [0.3, 0.4) is 0 Å². The van der Waals surface area contributed by atoms with Gasteiger partial charge >= 0.3 is 0 Å². The minimum Gasteiger partial charge on any atom is -0.494 e. The van der Waals surface area contributed by atoms with Crippen LogP contribution in [0.15, 0.2) is 53.7 Å². The minimum absolute atomic E-state index is 0.248. The first-order valence-electron chi connectivity index (χ1n) is 14.2. The summed E-state index contributed by atoms with van der Waals surface area (Å²) in [6, 6.07) is 13.4. The number of benzene rings is 2. The molecule has 3 heterocycles. The second-order valence-corrected chi connectivity index (χ2v) is 13.5. The van der Waals surface area contributed by atoms with Crippen LogP contribution in [0.5, 0.6) is 5.75 Å². The number of piperidine rings is 1. The summed E-state index contributed by atoms with van der Waals surface area (Å²) >= 11 is 0. The monoisotopic (exact) mass is 580 g/mol. The van der Waals surface area contributed by atoms with Crippen molar-refractivity contribution >= 4 is 38.8 Å². The molecule has 0 bridgehead atoms. The molecule has 1 aromatic heterocycles. The molecule has 2 aromatic carbocycles. The van der Waals surface area contributed by atoms with E-state index in [1.54, 1.807) is 45.2 Å². The maximum Gasteiger partial charge on any atom is 0.232 e. The van der Waals surface area contributed by atoms with Crippen molar-refractivity contribution in [2.24, 2.45) is 0 Å². The van der Waals surface area contributed by atoms with Crippen LogP contribution in [0.4, 0.5) is 29.0 Å². The number of nitrogens with zero attached hydrogens (tertiary/aromatic N) is 6. The molecule has 0 aliphatic carbocycles. The molecule has 2 aliphatic heterocycles. The molecule has 11 nitrogen and oxygen atoms in total. The first-order valence-corrected chi connectivity index (χ1v) is 15.7. The second-order valence-electron chi connectivity index (χ2n) is 10.9. The van der Waals surface area contributed by atoms with Crippen LogP contribution < -0.4 is 20.3 Å². The van der Waals surface area contributed by atoms with Gasteiger partial charge in [0.05, 0.1) is 22.9 Å². The van der Waals surface area contributed by atoms with Crippen LogP contribution in [0.2, 0.25) is 0 Å². The molecule has 2 aliphatic rings. The first-order chi connectivity index (χ1) is 19.7. The second kappa shape index (κ2) is 12.6. The molecule has 0 saturated carbocycles. The maximum absolute atomic E-state index is 12.6. The highest BCUT2D eigenvalue weighted by molar-refractivity contribution is 7.92. The van der Waals surface area contributed by atoms with Gasteiger partial charge in [-0.3, -0.25) is 4.90 Å². The summed E-state index contributed by atoms with van der Waals surface area (Å²) in [5.41, 5.74) is 2.45. The quantitative estimate of drug-likeness (QED) is 0.385. The smallest absolute Gasteiger partial charge is 0.232 e. The predicted molar refractivity (Wildman–Crippen MR) is 162 cm³/mol. The summed E-state index contributed by atoms with van der Waals surface area (Å²) in [7, 11) is 0.460. The summed E-state index contributed by atoms with van der Waals surface area (Å²) in [5, 5.41) is 5.80. The summed E-state index contributed by atoms with van der Waals surface area (Å²) < 4.78 is 30.9. The number of likely N-dealkylation sites (N-methyl/N-ethyl adjacent to an activating group) is 1. The summed E-state index contributed by atoms with van der Waals surface area (Å²) in [5.74, 6) is 1.33. The summed E-state index contributed by atoms with van der Waals surface area (Å²) in [6.45, 7) is 10.0. The average Bonchev–Trinajstić information content (AvgIpc) is 2.98. The van der Waals surface area contributed by atoms with E-state index in [2.05, 4.69) is 59.5 Å². The summed E-state index contributed by atoms with van der Waals surface area (Å²) in [6.07, 6.45) is 3.73. The maximum atomic E-state index is 12.6. The lowest BCUT2D eigenvalue weighted by Crippen LogP contribution is -2.52. The van der Waals surface area contributed by atoms with E-state index < -0.39 is 15.1 Å². The van der Waals surface area contributed by atoms with Gasteiger partial charge < -0.3 is 25.2 Å². The van der Waals surface area contributed by atoms with Crippen molar-refractivity contribution in [3.8, 4) is 5.75 Å². The van der Waals surface area contributed by atoms with Gasteiger partial charge in [-0.15, -0.1) is 0 Å². The Morgan fingerprint density at radius 2 is 1.63 bits per heavy atom. The Bertz CT molecular complexity index is 1440. The minimum atomic E-state index is -3.40. The Balaban J connectivity index is 1.23. The lowest BCUT2D eigenvalue weighted by Gasteiger charge is -2.42. The Morgan fingerprint density at radius 3 is 2.32 bits per heavy atom. The van der Waals surface area contributed by atoms with Crippen LogP contribution in [-0.4, -0.2) is 97.9 Å². The van der Waals surface area contributed by atoms with Crippen LogP contribution in [-0.2, 0) is 9.84 Å². The van der Waals surface area contributed by atoms with E-state index in [9.17, 15) is 8.42 Å². The Morgan fingerprint density at radius 1 is 0.927 bits per heavy atom. The van der Waals surface area contributed by atoms with Crippen molar-refractivity contribution in [3.05, 3.63) is 48.8 Å². The number of nitrogens with one attached hydrogen (secondary N) is 2. The van der Waals surface area contributed by atoms with E-state index in [0.717, 1.165) is 50.6 Å². The fraction of sp³-hybridized carbons (Fsp3) is 0.483. The molecule has 41 heavy (non-hydrogen) atoms. The van der Waals surface area contributed by atoms with E-state index in [1.165, 1.54) is 19.2 Å². The third-order valence-corrected chi connectivity index (χ3v) is 10.1. The standard InChI is InChI=1S/C29H40N8O3S/c1-21(2)41(38,39)25-7-5-6-22(18-25)32-28-30-20-31-29(34-28)33-26-9-8-24(19-27(26)40-4)36-12-10-23(11-13-36)37-16-14-35(3)15-17-37/h5-9,18-21,23H,10-17H2,1-4H3,(H2,30,31,32,33,34). The number of methoxy groups -OCH3 is 1. The highest BCUT2D eigenvalue weighted by Gasteiger charge is 2.27. The number of ether oxygens (including phenoxy) is 1. The van der Waals surface area contributed by atoms with Crippen molar-refractivity contribution in [1.29, 1.82) is 0 Å². The molecule has 2 fully saturated rings. The van der Waals surface area contributed by atoms with Crippen molar-refractivity contribution < 1.29 is 13.2 Å². The first kappa shape index (κ1) is 29.0. The van der Waals surface area contributed by atoms with Gasteiger partial charge in [0.2, 0.25) is 11.9 Å². The zero-order chi connectivity index (χ0) is 29.0. The van der Waals surface area contributed by atoms with E-state index >= 15 is 0 Å². The lowest BCUT2D eigenvalue weighted by atomic mass is 10.0. The average molecular weight is 581 g/mol. The molecule has 0 unspecified atom stereocenters. The molecule has 220 valence electrons. The van der Waals surface area contributed by atoms with Gasteiger partial charge in [0.1, 0.15) is 12.1 Å². The van der Waals surface area contributed by atoms with Gasteiger partial charge in [0.15, 0.2) is 9.84 Å².